The predicted octanol–water partition coefficient (Wildman–Crippen LogP) is 4.59. The van der Waals surface area contributed by atoms with Crippen molar-refractivity contribution >= 4 is 11.7 Å². The molecule has 1 aliphatic carbocycles. The first kappa shape index (κ1) is 18.1. The second kappa shape index (κ2) is 8.13. The Bertz CT molecular complexity index is 792. The lowest BCUT2D eigenvalue weighted by molar-refractivity contribution is 0.0698. The van der Waals surface area contributed by atoms with Crippen molar-refractivity contribution in [2.45, 2.75) is 38.1 Å². The Morgan fingerprint density at radius 1 is 1.00 bits per heavy atom. The number of aromatic carboxylic acids is 1. The summed E-state index contributed by atoms with van der Waals surface area (Å²) in [7, 11) is 0. The van der Waals surface area contributed by atoms with Gasteiger partial charge in [-0.05, 0) is 73.9 Å². The highest BCUT2D eigenvalue weighted by molar-refractivity contribution is 5.94. The Morgan fingerprint density at radius 3 is 2.44 bits per heavy atom. The highest BCUT2D eigenvalue weighted by atomic mass is 16.4. The SMILES string of the molecule is O=C(O)c1ccccc1NCC1CCN(Cc2ccccc2C2CC2)CC1. The molecule has 0 bridgehead atoms. The number of carboxylic acid groups (broad SMARTS) is 1. The van der Waals surface area contributed by atoms with E-state index in [-0.39, 0.29) is 0 Å². The van der Waals surface area contributed by atoms with E-state index in [2.05, 4.69) is 34.5 Å². The van der Waals surface area contributed by atoms with Gasteiger partial charge in [0.2, 0.25) is 0 Å². The van der Waals surface area contributed by atoms with Crippen LogP contribution in [0.25, 0.3) is 0 Å². The van der Waals surface area contributed by atoms with Gasteiger partial charge in [0.15, 0.2) is 0 Å². The van der Waals surface area contributed by atoms with Crippen molar-refractivity contribution in [3.8, 4) is 0 Å². The highest BCUT2D eigenvalue weighted by Gasteiger charge is 2.27. The van der Waals surface area contributed by atoms with Crippen molar-refractivity contribution in [2.75, 3.05) is 25.0 Å². The molecule has 0 amide bonds. The van der Waals surface area contributed by atoms with Gasteiger partial charge in [0.05, 0.1) is 5.56 Å². The fourth-order valence-electron chi connectivity index (χ4n) is 4.14. The minimum atomic E-state index is -0.873. The van der Waals surface area contributed by atoms with Crippen LogP contribution in [0, 0.1) is 5.92 Å². The third-order valence-electron chi connectivity index (χ3n) is 5.91. The van der Waals surface area contributed by atoms with Gasteiger partial charge < -0.3 is 10.4 Å². The summed E-state index contributed by atoms with van der Waals surface area (Å²) in [5.41, 5.74) is 4.15. The lowest BCUT2D eigenvalue weighted by Crippen LogP contribution is -2.35. The summed E-state index contributed by atoms with van der Waals surface area (Å²) in [4.78, 5) is 13.9. The number of nitrogens with zero attached hydrogens (tertiary/aromatic N) is 1. The van der Waals surface area contributed by atoms with Gasteiger partial charge in [-0.1, -0.05) is 36.4 Å². The van der Waals surface area contributed by atoms with Crippen LogP contribution in [0.15, 0.2) is 48.5 Å². The summed E-state index contributed by atoms with van der Waals surface area (Å²) in [5, 5.41) is 12.7. The standard InChI is InChI=1S/C23H28N2O2/c26-23(27)21-7-3-4-8-22(21)24-15-17-11-13-25(14-12-17)16-19-5-1-2-6-20(19)18-9-10-18/h1-8,17-18,24H,9-16H2,(H,26,27). The van der Waals surface area contributed by atoms with Gasteiger partial charge in [-0.3, -0.25) is 4.90 Å². The van der Waals surface area contributed by atoms with Crippen LogP contribution in [-0.2, 0) is 6.54 Å². The maximum absolute atomic E-state index is 11.3. The monoisotopic (exact) mass is 364 g/mol. The van der Waals surface area contributed by atoms with E-state index in [1.807, 2.05) is 12.1 Å². The van der Waals surface area contributed by atoms with E-state index in [0.29, 0.717) is 11.5 Å². The fraction of sp³-hybridized carbons (Fsp3) is 0.435. The predicted molar refractivity (Wildman–Crippen MR) is 108 cm³/mol. The van der Waals surface area contributed by atoms with E-state index >= 15 is 0 Å². The lowest BCUT2D eigenvalue weighted by Gasteiger charge is -2.32. The number of hydrogen-bond acceptors (Lipinski definition) is 3. The summed E-state index contributed by atoms with van der Waals surface area (Å²) in [6.07, 6.45) is 5.02. The van der Waals surface area contributed by atoms with Gasteiger partial charge in [0.25, 0.3) is 0 Å². The van der Waals surface area contributed by atoms with Crippen molar-refractivity contribution < 1.29 is 9.90 Å². The topological polar surface area (TPSA) is 52.6 Å². The Labute approximate surface area is 161 Å². The molecule has 4 nitrogen and oxygen atoms in total. The Morgan fingerprint density at radius 2 is 1.70 bits per heavy atom. The molecule has 2 aromatic rings. The largest absolute Gasteiger partial charge is 0.478 e. The van der Waals surface area contributed by atoms with Crippen LogP contribution >= 0.6 is 0 Å². The molecular weight excluding hydrogens is 336 g/mol. The van der Waals surface area contributed by atoms with Crippen LogP contribution < -0.4 is 5.32 Å². The van der Waals surface area contributed by atoms with Gasteiger partial charge in [-0.25, -0.2) is 4.79 Å². The number of nitrogens with one attached hydrogen (secondary N) is 1. The van der Waals surface area contributed by atoms with E-state index in [0.717, 1.165) is 50.6 Å². The van der Waals surface area contributed by atoms with E-state index < -0.39 is 5.97 Å². The minimum absolute atomic E-state index is 0.353. The molecule has 0 radical (unpaired) electrons. The number of benzene rings is 2. The van der Waals surface area contributed by atoms with Crippen molar-refractivity contribution in [1.29, 1.82) is 0 Å². The van der Waals surface area contributed by atoms with E-state index in [9.17, 15) is 9.90 Å². The maximum atomic E-state index is 11.3. The minimum Gasteiger partial charge on any atom is -0.478 e. The first-order valence-electron chi connectivity index (χ1n) is 10.1. The molecular formula is C23H28N2O2. The maximum Gasteiger partial charge on any atom is 0.337 e. The third kappa shape index (κ3) is 4.51. The molecule has 1 saturated heterocycles. The van der Waals surface area contributed by atoms with E-state index in [1.54, 1.807) is 17.7 Å². The average Bonchev–Trinajstić information content (AvgIpc) is 3.53. The molecule has 0 spiro atoms. The highest BCUT2D eigenvalue weighted by Crippen LogP contribution is 2.42. The first-order chi connectivity index (χ1) is 13.2. The Hall–Kier alpha value is -2.33. The number of anilines is 1. The molecule has 1 aliphatic heterocycles. The van der Waals surface area contributed by atoms with E-state index in [4.69, 9.17) is 0 Å². The van der Waals surface area contributed by atoms with Crippen molar-refractivity contribution in [1.82, 2.24) is 4.90 Å². The van der Waals surface area contributed by atoms with Crippen LogP contribution in [0.5, 0.6) is 0 Å². The molecule has 2 N–H and O–H groups in total. The molecule has 0 aromatic heterocycles. The fourth-order valence-corrected chi connectivity index (χ4v) is 4.14. The van der Waals surface area contributed by atoms with Gasteiger partial charge in [-0.15, -0.1) is 0 Å². The van der Waals surface area contributed by atoms with Crippen LogP contribution in [0.3, 0.4) is 0 Å². The van der Waals surface area contributed by atoms with Crippen molar-refractivity contribution in [3.63, 3.8) is 0 Å². The molecule has 0 atom stereocenters. The zero-order valence-electron chi connectivity index (χ0n) is 15.7. The van der Waals surface area contributed by atoms with Crippen LogP contribution in [0.1, 0.15) is 53.1 Å². The van der Waals surface area contributed by atoms with E-state index in [1.165, 1.54) is 18.4 Å². The second-order valence-corrected chi connectivity index (χ2v) is 7.92. The molecule has 4 heteroatoms. The number of piperidine rings is 1. The summed E-state index contributed by atoms with van der Waals surface area (Å²) in [6, 6.07) is 16.1. The van der Waals surface area contributed by atoms with Gasteiger partial charge >= 0.3 is 5.97 Å². The third-order valence-corrected chi connectivity index (χ3v) is 5.91. The molecule has 27 heavy (non-hydrogen) atoms. The molecule has 142 valence electrons. The van der Waals surface area contributed by atoms with Crippen LogP contribution in [-0.4, -0.2) is 35.6 Å². The first-order valence-corrected chi connectivity index (χ1v) is 10.1. The second-order valence-electron chi connectivity index (χ2n) is 7.92. The Balaban J connectivity index is 1.28. The average molecular weight is 364 g/mol. The molecule has 2 aliphatic rings. The number of para-hydroxylation sites is 1. The molecule has 2 fully saturated rings. The zero-order chi connectivity index (χ0) is 18.6. The molecule has 1 saturated carbocycles. The Kier molecular flexibility index (Phi) is 5.44. The number of carboxylic acids is 1. The normalized spacial score (nSPS) is 18.4. The summed E-state index contributed by atoms with van der Waals surface area (Å²) < 4.78 is 0. The number of hydrogen-bond donors (Lipinski definition) is 2. The number of rotatable bonds is 7. The van der Waals surface area contributed by atoms with Crippen molar-refractivity contribution in [2.24, 2.45) is 5.92 Å². The molecule has 2 aromatic carbocycles. The molecule has 0 unspecified atom stereocenters. The summed E-state index contributed by atoms with van der Waals surface area (Å²) in [5.74, 6) is 0.529. The quantitative estimate of drug-likeness (QED) is 0.755. The van der Waals surface area contributed by atoms with Crippen molar-refractivity contribution in [3.05, 3.63) is 65.2 Å². The smallest absolute Gasteiger partial charge is 0.337 e. The van der Waals surface area contributed by atoms with Crippen LogP contribution in [0.2, 0.25) is 0 Å². The lowest BCUT2D eigenvalue weighted by atomic mass is 9.95. The van der Waals surface area contributed by atoms with Gasteiger partial charge in [0.1, 0.15) is 0 Å². The van der Waals surface area contributed by atoms with Gasteiger partial charge in [0, 0.05) is 18.8 Å². The van der Waals surface area contributed by atoms with Gasteiger partial charge in [-0.2, -0.15) is 0 Å². The van der Waals surface area contributed by atoms with Crippen LogP contribution in [0.4, 0.5) is 5.69 Å². The number of likely N-dealkylation sites (tertiary alicyclic amines) is 1. The zero-order valence-corrected chi connectivity index (χ0v) is 15.7. The number of carbonyl (C=O) groups is 1. The summed E-state index contributed by atoms with van der Waals surface area (Å²) in [6.45, 7) is 4.14. The summed E-state index contributed by atoms with van der Waals surface area (Å²) >= 11 is 0. The molecule has 1 heterocycles. The molecule has 4 rings (SSSR count).